The maximum Gasteiger partial charge on any atom is 0.146 e. The summed E-state index contributed by atoms with van der Waals surface area (Å²) in [6, 6.07) is 0. The smallest absolute Gasteiger partial charge is 0.146 e. The van der Waals surface area contributed by atoms with Crippen LogP contribution in [0.25, 0.3) is 0 Å². The molecule has 2 aliphatic rings. The quantitative estimate of drug-likeness (QED) is 0.655. The fraction of sp³-hybridized carbons (Fsp3) is 0.636. The van der Waals surface area contributed by atoms with Gasteiger partial charge >= 0.3 is 0 Å². The normalized spacial score (nSPS) is 28.7. The Morgan fingerprint density at radius 1 is 1.20 bits per heavy atom. The lowest BCUT2D eigenvalue weighted by molar-refractivity contribution is 0.159. The Bertz CT molecular complexity index is 291. The van der Waals surface area contributed by atoms with Crippen molar-refractivity contribution in [3.05, 3.63) is 23.7 Å². The number of hydrogen-bond acceptors (Lipinski definition) is 2. The molecule has 0 spiro atoms. The van der Waals surface area contributed by atoms with Crippen LogP contribution in [0.5, 0.6) is 0 Å². The summed E-state index contributed by atoms with van der Waals surface area (Å²) < 4.78 is 26.4. The summed E-state index contributed by atoms with van der Waals surface area (Å²) in [6.07, 6.45) is 1.69. The summed E-state index contributed by atoms with van der Waals surface area (Å²) >= 11 is 0. The van der Waals surface area contributed by atoms with Crippen LogP contribution in [0.15, 0.2) is 23.7 Å². The van der Waals surface area contributed by atoms with E-state index in [0.717, 1.165) is 26.2 Å². The molecule has 0 bridgehead atoms. The molecule has 0 aromatic rings. The van der Waals surface area contributed by atoms with Crippen molar-refractivity contribution in [3.8, 4) is 0 Å². The standard InChI is InChI=1S/C11H16F2N2/c1-14-4-6-15(7-5-14)11-3-2-9(12)8-10(11)13/h2-3,10H,4-8H2,1H3. The molecule has 1 saturated heterocycles. The van der Waals surface area contributed by atoms with Crippen LogP contribution in [0, 0.1) is 0 Å². The Balaban J connectivity index is 2.04. The van der Waals surface area contributed by atoms with Crippen molar-refractivity contribution in [2.75, 3.05) is 33.2 Å². The van der Waals surface area contributed by atoms with E-state index in [1.54, 1.807) is 6.08 Å². The fourth-order valence-electron chi connectivity index (χ4n) is 1.99. The van der Waals surface area contributed by atoms with Crippen LogP contribution in [-0.2, 0) is 0 Å². The van der Waals surface area contributed by atoms with Gasteiger partial charge in [0.15, 0.2) is 0 Å². The molecule has 1 unspecified atom stereocenters. The fourth-order valence-corrected chi connectivity index (χ4v) is 1.99. The molecule has 0 aromatic carbocycles. The summed E-state index contributed by atoms with van der Waals surface area (Å²) in [4.78, 5) is 4.23. The summed E-state index contributed by atoms with van der Waals surface area (Å²) in [7, 11) is 2.05. The highest BCUT2D eigenvalue weighted by Gasteiger charge is 2.25. The minimum absolute atomic E-state index is 0.0990. The molecule has 84 valence electrons. The van der Waals surface area contributed by atoms with E-state index in [4.69, 9.17) is 0 Å². The van der Waals surface area contributed by atoms with Crippen LogP contribution >= 0.6 is 0 Å². The van der Waals surface area contributed by atoms with Crippen molar-refractivity contribution in [3.63, 3.8) is 0 Å². The number of rotatable bonds is 1. The topological polar surface area (TPSA) is 6.48 Å². The third kappa shape index (κ3) is 2.37. The van der Waals surface area contributed by atoms with Gasteiger partial charge in [-0.25, -0.2) is 8.78 Å². The number of nitrogens with zero attached hydrogens (tertiary/aromatic N) is 2. The van der Waals surface area contributed by atoms with Gasteiger partial charge in [-0.3, -0.25) is 0 Å². The third-order valence-electron chi connectivity index (χ3n) is 3.00. The Labute approximate surface area is 88.8 Å². The summed E-state index contributed by atoms with van der Waals surface area (Å²) in [6.45, 7) is 3.54. The highest BCUT2D eigenvalue weighted by Crippen LogP contribution is 2.25. The highest BCUT2D eigenvalue weighted by molar-refractivity contribution is 5.24. The van der Waals surface area contributed by atoms with Crippen molar-refractivity contribution in [2.45, 2.75) is 12.6 Å². The maximum atomic E-state index is 13.6. The molecule has 1 heterocycles. The van der Waals surface area contributed by atoms with Crippen LogP contribution < -0.4 is 0 Å². The summed E-state index contributed by atoms with van der Waals surface area (Å²) in [5.74, 6) is -0.361. The lowest BCUT2D eigenvalue weighted by Crippen LogP contribution is -2.45. The molecule has 15 heavy (non-hydrogen) atoms. The predicted octanol–water partition coefficient (Wildman–Crippen LogP) is 1.71. The first-order valence-corrected chi connectivity index (χ1v) is 5.30. The minimum Gasteiger partial charge on any atom is -0.370 e. The van der Waals surface area contributed by atoms with E-state index in [-0.39, 0.29) is 12.2 Å². The number of likely N-dealkylation sites (N-methyl/N-ethyl adjacent to an activating group) is 1. The van der Waals surface area contributed by atoms with Gasteiger partial charge in [0, 0.05) is 38.3 Å². The molecule has 0 N–H and O–H groups in total. The second-order valence-electron chi connectivity index (χ2n) is 4.17. The Morgan fingerprint density at radius 2 is 1.87 bits per heavy atom. The van der Waals surface area contributed by atoms with E-state index in [1.165, 1.54) is 6.08 Å². The Morgan fingerprint density at radius 3 is 2.47 bits per heavy atom. The first-order chi connectivity index (χ1) is 7.16. The molecule has 1 fully saturated rings. The summed E-state index contributed by atoms with van der Waals surface area (Å²) in [5.41, 5.74) is 0.643. The van der Waals surface area contributed by atoms with Crippen molar-refractivity contribution in [1.29, 1.82) is 0 Å². The van der Waals surface area contributed by atoms with Crippen LogP contribution in [0.4, 0.5) is 8.78 Å². The molecule has 1 aliphatic heterocycles. The average Bonchev–Trinajstić information content (AvgIpc) is 2.20. The zero-order valence-electron chi connectivity index (χ0n) is 8.92. The third-order valence-corrected chi connectivity index (χ3v) is 3.00. The molecule has 2 nitrogen and oxygen atoms in total. The van der Waals surface area contributed by atoms with E-state index in [9.17, 15) is 8.78 Å². The number of hydrogen-bond donors (Lipinski definition) is 0. The van der Waals surface area contributed by atoms with Gasteiger partial charge in [-0.15, -0.1) is 0 Å². The first kappa shape index (κ1) is 10.6. The highest BCUT2D eigenvalue weighted by atomic mass is 19.1. The number of halogens is 2. The number of allylic oxidation sites excluding steroid dienone is 4. The molecule has 1 atom stereocenters. The molecule has 0 radical (unpaired) electrons. The molecule has 0 saturated carbocycles. The van der Waals surface area contributed by atoms with Gasteiger partial charge < -0.3 is 9.80 Å². The molecule has 4 heteroatoms. The number of piperazine rings is 1. The number of alkyl halides is 1. The lowest BCUT2D eigenvalue weighted by atomic mass is 10.1. The van der Waals surface area contributed by atoms with E-state index < -0.39 is 6.17 Å². The first-order valence-electron chi connectivity index (χ1n) is 5.30. The van der Waals surface area contributed by atoms with Crippen molar-refractivity contribution in [1.82, 2.24) is 9.80 Å². The SMILES string of the molecule is CN1CCN(C2=CC=C(F)CC2F)CC1. The monoisotopic (exact) mass is 214 g/mol. The van der Waals surface area contributed by atoms with E-state index in [2.05, 4.69) is 11.9 Å². The molecular weight excluding hydrogens is 198 g/mol. The van der Waals surface area contributed by atoms with Gasteiger partial charge in [-0.2, -0.15) is 0 Å². The molecule has 0 amide bonds. The molecule has 0 aromatic heterocycles. The zero-order chi connectivity index (χ0) is 10.8. The Kier molecular flexibility index (Phi) is 3.05. The van der Waals surface area contributed by atoms with E-state index in [1.807, 2.05) is 4.90 Å². The second-order valence-corrected chi connectivity index (χ2v) is 4.17. The lowest BCUT2D eigenvalue weighted by Gasteiger charge is -2.37. The van der Waals surface area contributed by atoms with Gasteiger partial charge in [0.1, 0.15) is 12.0 Å². The molecular formula is C11H16F2N2. The zero-order valence-corrected chi connectivity index (χ0v) is 8.92. The van der Waals surface area contributed by atoms with Crippen LogP contribution in [0.2, 0.25) is 0 Å². The van der Waals surface area contributed by atoms with Crippen LogP contribution in [0.3, 0.4) is 0 Å². The molecule has 2 rings (SSSR count). The van der Waals surface area contributed by atoms with Gasteiger partial charge in [-0.1, -0.05) is 0 Å². The second kappa shape index (κ2) is 4.31. The average molecular weight is 214 g/mol. The predicted molar refractivity (Wildman–Crippen MR) is 55.9 cm³/mol. The van der Waals surface area contributed by atoms with Crippen molar-refractivity contribution in [2.24, 2.45) is 0 Å². The van der Waals surface area contributed by atoms with Crippen molar-refractivity contribution < 1.29 is 8.78 Å². The van der Waals surface area contributed by atoms with Crippen LogP contribution in [-0.4, -0.2) is 49.2 Å². The van der Waals surface area contributed by atoms with Gasteiger partial charge in [-0.05, 0) is 19.2 Å². The maximum absolute atomic E-state index is 13.6. The van der Waals surface area contributed by atoms with Crippen molar-refractivity contribution >= 4 is 0 Å². The largest absolute Gasteiger partial charge is 0.370 e. The van der Waals surface area contributed by atoms with Crippen LogP contribution in [0.1, 0.15) is 6.42 Å². The van der Waals surface area contributed by atoms with E-state index >= 15 is 0 Å². The molecule has 1 aliphatic carbocycles. The van der Waals surface area contributed by atoms with Gasteiger partial charge in [0.2, 0.25) is 0 Å². The Hall–Kier alpha value is -0.900. The van der Waals surface area contributed by atoms with Gasteiger partial charge in [0.25, 0.3) is 0 Å². The van der Waals surface area contributed by atoms with Gasteiger partial charge in [0.05, 0.1) is 0 Å². The van der Waals surface area contributed by atoms with E-state index in [0.29, 0.717) is 5.70 Å². The minimum atomic E-state index is -1.17. The summed E-state index contributed by atoms with van der Waals surface area (Å²) in [5, 5.41) is 0.